The summed E-state index contributed by atoms with van der Waals surface area (Å²) in [5.74, 6) is -0.548. The van der Waals surface area contributed by atoms with E-state index in [2.05, 4.69) is 0 Å². The van der Waals surface area contributed by atoms with Crippen molar-refractivity contribution in [3.63, 3.8) is 0 Å². The molecular weight excluding hydrogens is 376 g/mol. The molecule has 3 rings (SSSR count). The molecule has 29 heavy (non-hydrogen) atoms. The molecule has 2 aromatic carbocycles. The second kappa shape index (κ2) is 8.30. The SMILES string of the molecule is CCOC(=O)N(c1ccc2c(c1)CCc1cc([N+](=O)[O-])ccc1-2)C(C)C(=O)OC. The number of anilines is 1. The smallest absolute Gasteiger partial charge is 0.415 e. The fraction of sp³-hybridized carbons (Fsp3) is 0.333. The lowest BCUT2D eigenvalue weighted by atomic mass is 9.85. The Bertz CT molecular complexity index is 972. The maximum atomic E-state index is 12.5. The van der Waals surface area contributed by atoms with E-state index in [4.69, 9.17) is 9.47 Å². The molecule has 0 heterocycles. The van der Waals surface area contributed by atoms with E-state index < -0.39 is 23.0 Å². The van der Waals surface area contributed by atoms with E-state index >= 15 is 0 Å². The normalized spacial score (nSPS) is 12.9. The Balaban J connectivity index is 2.01. The highest BCUT2D eigenvalue weighted by Crippen LogP contribution is 2.37. The molecule has 1 unspecified atom stereocenters. The van der Waals surface area contributed by atoms with Crippen LogP contribution in [0.15, 0.2) is 36.4 Å². The van der Waals surface area contributed by atoms with Crippen LogP contribution in [0, 0.1) is 10.1 Å². The maximum absolute atomic E-state index is 12.5. The average molecular weight is 398 g/mol. The average Bonchev–Trinajstić information content (AvgIpc) is 2.72. The van der Waals surface area contributed by atoms with Crippen LogP contribution in [0.5, 0.6) is 0 Å². The van der Waals surface area contributed by atoms with Crippen LogP contribution in [0.4, 0.5) is 16.2 Å². The number of carbonyl (C=O) groups excluding carboxylic acids is 2. The van der Waals surface area contributed by atoms with Gasteiger partial charge in [0.1, 0.15) is 6.04 Å². The standard InChI is InChI=1S/C21H22N2O6/c1-4-29-21(25)22(13(2)20(24)28-3)16-7-9-18-14(11-16)5-6-15-12-17(23(26)27)8-10-19(15)18/h7-13H,4-6H2,1-3H3. The number of non-ortho nitro benzene ring substituents is 1. The fourth-order valence-electron chi connectivity index (χ4n) is 3.59. The molecule has 152 valence electrons. The van der Waals surface area contributed by atoms with Crippen LogP contribution in [0.3, 0.4) is 0 Å². The first kappa shape index (κ1) is 20.3. The highest BCUT2D eigenvalue weighted by Gasteiger charge is 2.30. The van der Waals surface area contributed by atoms with Gasteiger partial charge in [-0.3, -0.25) is 15.0 Å². The summed E-state index contributed by atoms with van der Waals surface area (Å²) in [6.07, 6.45) is 0.692. The number of hydrogen-bond donors (Lipinski definition) is 0. The number of hydrogen-bond acceptors (Lipinski definition) is 6. The van der Waals surface area contributed by atoms with E-state index in [0.717, 1.165) is 22.3 Å². The third-order valence-corrected chi connectivity index (χ3v) is 5.01. The molecule has 0 aliphatic heterocycles. The maximum Gasteiger partial charge on any atom is 0.415 e. The van der Waals surface area contributed by atoms with Gasteiger partial charge in [-0.1, -0.05) is 6.07 Å². The van der Waals surface area contributed by atoms with Crippen LogP contribution in [0.2, 0.25) is 0 Å². The summed E-state index contributed by atoms with van der Waals surface area (Å²) >= 11 is 0. The quantitative estimate of drug-likeness (QED) is 0.430. The zero-order valence-corrected chi connectivity index (χ0v) is 16.5. The van der Waals surface area contributed by atoms with Gasteiger partial charge >= 0.3 is 12.1 Å². The van der Waals surface area contributed by atoms with Crippen LogP contribution in [0.1, 0.15) is 25.0 Å². The number of rotatable bonds is 5. The molecule has 0 saturated heterocycles. The number of aryl methyl sites for hydroxylation is 2. The number of fused-ring (bicyclic) bond motifs is 3. The molecule has 0 fully saturated rings. The Morgan fingerprint density at radius 1 is 1.14 bits per heavy atom. The van der Waals surface area contributed by atoms with Crippen LogP contribution >= 0.6 is 0 Å². The Kier molecular flexibility index (Phi) is 5.81. The second-order valence-corrected chi connectivity index (χ2v) is 6.71. The minimum Gasteiger partial charge on any atom is -0.467 e. The van der Waals surface area contributed by atoms with Crippen molar-refractivity contribution in [2.75, 3.05) is 18.6 Å². The van der Waals surface area contributed by atoms with Crippen molar-refractivity contribution < 1.29 is 24.0 Å². The number of ether oxygens (including phenoxy) is 2. The third-order valence-electron chi connectivity index (χ3n) is 5.01. The fourth-order valence-corrected chi connectivity index (χ4v) is 3.59. The molecular formula is C21H22N2O6. The van der Waals surface area contributed by atoms with Gasteiger partial charge in [0.05, 0.1) is 18.6 Å². The van der Waals surface area contributed by atoms with E-state index in [-0.39, 0.29) is 12.3 Å². The number of amides is 1. The molecule has 8 nitrogen and oxygen atoms in total. The number of nitro benzene ring substituents is 1. The summed E-state index contributed by atoms with van der Waals surface area (Å²) in [5.41, 5.74) is 4.42. The molecule has 0 N–H and O–H groups in total. The van der Waals surface area contributed by atoms with E-state index in [9.17, 15) is 19.7 Å². The van der Waals surface area contributed by atoms with Gasteiger partial charge in [0, 0.05) is 17.8 Å². The lowest BCUT2D eigenvalue weighted by Gasteiger charge is -2.28. The molecule has 0 saturated carbocycles. The van der Waals surface area contributed by atoms with Gasteiger partial charge in [0.15, 0.2) is 0 Å². The van der Waals surface area contributed by atoms with Crippen LogP contribution in [0.25, 0.3) is 11.1 Å². The summed E-state index contributed by atoms with van der Waals surface area (Å²) < 4.78 is 9.91. The number of methoxy groups -OCH3 is 1. The van der Waals surface area contributed by atoms with Crippen molar-refractivity contribution in [2.45, 2.75) is 32.7 Å². The molecule has 8 heteroatoms. The highest BCUT2D eigenvalue weighted by atomic mass is 16.6. The minimum atomic E-state index is -0.851. The Morgan fingerprint density at radius 2 is 1.76 bits per heavy atom. The van der Waals surface area contributed by atoms with Crippen molar-refractivity contribution >= 4 is 23.4 Å². The first-order valence-electron chi connectivity index (χ1n) is 9.31. The van der Waals surface area contributed by atoms with Gasteiger partial charge < -0.3 is 9.47 Å². The Labute approximate surface area is 168 Å². The summed E-state index contributed by atoms with van der Waals surface area (Å²) in [6.45, 7) is 3.46. The predicted octanol–water partition coefficient (Wildman–Crippen LogP) is 3.88. The molecule has 0 spiro atoms. The van der Waals surface area contributed by atoms with Crippen LogP contribution < -0.4 is 4.90 Å². The third kappa shape index (κ3) is 3.91. The van der Waals surface area contributed by atoms with Gasteiger partial charge in [-0.05, 0) is 67.1 Å². The molecule has 0 radical (unpaired) electrons. The Morgan fingerprint density at radius 3 is 2.34 bits per heavy atom. The van der Waals surface area contributed by atoms with Gasteiger partial charge in [-0.25, -0.2) is 9.59 Å². The number of carbonyl (C=O) groups is 2. The van der Waals surface area contributed by atoms with Crippen LogP contribution in [-0.4, -0.2) is 36.7 Å². The molecule has 0 bridgehead atoms. The van der Waals surface area contributed by atoms with Gasteiger partial charge in [0.2, 0.25) is 0 Å². The van der Waals surface area contributed by atoms with E-state index in [1.807, 2.05) is 12.1 Å². The Hall–Kier alpha value is -3.42. The number of esters is 1. The zero-order chi connectivity index (χ0) is 21.1. The summed E-state index contributed by atoms with van der Waals surface area (Å²) in [6, 6.07) is 9.47. The van der Waals surface area contributed by atoms with Crippen molar-refractivity contribution in [1.29, 1.82) is 0 Å². The molecule has 2 aromatic rings. The molecule has 0 aromatic heterocycles. The first-order valence-corrected chi connectivity index (χ1v) is 9.31. The van der Waals surface area contributed by atoms with Crippen molar-refractivity contribution in [2.24, 2.45) is 0 Å². The van der Waals surface area contributed by atoms with E-state index in [1.54, 1.807) is 32.0 Å². The highest BCUT2D eigenvalue weighted by molar-refractivity contribution is 5.96. The summed E-state index contributed by atoms with van der Waals surface area (Å²) in [7, 11) is 1.27. The van der Waals surface area contributed by atoms with Crippen molar-refractivity contribution in [1.82, 2.24) is 0 Å². The largest absolute Gasteiger partial charge is 0.467 e. The zero-order valence-electron chi connectivity index (χ0n) is 16.5. The van der Waals surface area contributed by atoms with Gasteiger partial charge in [-0.2, -0.15) is 0 Å². The molecule has 1 aliphatic rings. The lowest BCUT2D eigenvalue weighted by Crippen LogP contribution is -2.44. The van der Waals surface area contributed by atoms with Crippen LogP contribution in [-0.2, 0) is 27.1 Å². The van der Waals surface area contributed by atoms with Gasteiger partial charge in [0.25, 0.3) is 5.69 Å². The van der Waals surface area contributed by atoms with Crippen molar-refractivity contribution in [3.8, 4) is 11.1 Å². The van der Waals surface area contributed by atoms with E-state index in [1.165, 1.54) is 18.1 Å². The topological polar surface area (TPSA) is 99.0 Å². The lowest BCUT2D eigenvalue weighted by molar-refractivity contribution is -0.384. The number of nitrogens with zero attached hydrogens (tertiary/aromatic N) is 2. The molecule has 1 atom stereocenters. The first-order chi connectivity index (χ1) is 13.9. The molecule has 1 amide bonds. The van der Waals surface area contributed by atoms with Gasteiger partial charge in [-0.15, -0.1) is 0 Å². The minimum absolute atomic E-state index is 0.0733. The summed E-state index contributed by atoms with van der Waals surface area (Å²) in [4.78, 5) is 36.5. The predicted molar refractivity (Wildman–Crippen MR) is 107 cm³/mol. The second-order valence-electron chi connectivity index (χ2n) is 6.71. The van der Waals surface area contributed by atoms with Crippen molar-refractivity contribution in [3.05, 3.63) is 57.6 Å². The molecule has 1 aliphatic carbocycles. The summed E-state index contributed by atoms with van der Waals surface area (Å²) in [5, 5.41) is 11.0. The number of nitro groups is 1. The monoisotopic (exact) mass is 398 g/mol. The van der Waals surface area contributed by atoms with E-state index in [0.29, 0.717) is 18.5 Å². The number of benzene rings is 2.